The van der Waals surface area contributed by atoms with Crippen molar-refractivity contribution in [3.63, 3.8) is 0 Å². The molecule has 0 saturated carbocycles. The Kier molecular flexibility index (Phi) is 8.35. The second-order valence-electron chi connectivity index (χ2n) is 9.20. The van der Waals surface area contributed by atoms with Gasteiger partial charge in [0.2, 0.25) is 0 Å². The van der Waals surface area contributed by atoms with Crippen molar-refractivity contribution in [1.29, 1.82) is 0 Å². The molecule has 9 heteroatoms. The number of esters is 1. The summed E-state index contributed by atoms with van der Waals surface area (Å²) in [4.78, 5) is 30.1. The average Bonchev–Trinajstić information content (AvgIpc) is 2.83. The van der Waals surface area contributed by atoms with Crippen molar-refractivity contribution in [2.45, 2.75) is 45.6 Å². The lowest BCUT2D eigenvalue weighted by molar-refractivity contribution is -0.147. The molecule has 0 amide bonds. The summed E-state index contributed by atoms with van der Waals surface area (Å²) in [6.07, 6.45) is 2.92. The molecule has 0 bridgehead atoms. The third kappa shape index (κ3) is 5.84. The predicted molar refractivity (Wildman–Crippen MR) is 144 cm³/mol. The van der Waals surface area contributed by atoms with Crippen molar-refractivity contribution in [2.24, 2.45) is 5.10 Å². The number of carbonyl (C=O) groups excluding carboxylic acids is 1. The highest BCUT2D eigenvalue weighted by atomic mass is 79.9. The number of hydrogen-bond acceptors (Lipinski definition) is 7. The van der Waals surface area contributed by atoms with Crippen molar-refractivity contribution in [2.75, 3.05) is 14.2 Å². The Bertz CT molecular complexity index is 1390. The zero-order chi connectivity index (χ0) is 26.6. The van der Waals surface area contributed by atoms with E-state index in [0.717, 1.165) is 10.0 Å². The van der Waals surface area contributed by atoms with Crippen molar-refractivity contribution >= 4 is 39.0 Å². The van der Waals surface area contributed by atoms with E-state index in [9.17, 15) is 9.59 Å². The average molecular weight is 556 g/mol. The second kappa shape index (κ2) is 11.1. The number of benzene rings is 2. The third-order valence-corrected chi connectivity index (χ3v) is 5.86. The standard InChI is InChI=1S/C27H30BrN3O5/c1-8-9-18-12-17(13-22(34-6)23(18)36-16(2)25(33)35-7)15-29-31-24(32)20-14-19(28)10-11-21(20)30-26(31)27(3,4)5/h8,10-16H,1,9H2,2-7H3/t16-/m1/s1. The Labute approximate surface area is 218 Å². The van der Waals surface area contributed by atoms with Gasteiger partial charge in [0.05, 0.1) is 31.3 Å². The molecule has 0 spiro atoms. The maximum absolute atomic E-state index is 13.4. The molecule has 0 N–H and O–H groups in total. The van der Waals surface area contributed by atoms with Crippen LogP contribution in [0.2, 0.25) is 0 Å². The first-order chi connectivity index (χ1) is 17.0. The van der Waals surface area contributed by atoms with Crippen LogP contribution in [0.3, 0.4) is 0 Å². The molecule has 1 heterocycles. The molecule has 0 aliphatic carbocycles. The molecule has 2 aromatic carbocycles. The quantitative estimate of drug-likeness (QED) is 0.220. The van der Waals surface area contributed by atoms with Gasteiger partial charge in [-0.15, -0.1) is 6.58 Å². The van der Waals surface area contributed by atoms with Gasteiger partial charge in [0.1, 0.15) is 5.82 Å². The van der Waals surface area contributed by atoms with Crippen LogP contribution in [0.4, 0.5) is 0 Å². The van der Waals surface area contributed by atoms with Crippen LogP contribution in [0.25, 0.3) is 10.9 Å². The summed E-state index contributed by atoms with van der Waals surface area (Å²) in [7, 11) is 2.81. The first kappa shape index (κ1) is 27.1. The van der Waals surface area contributed by atoms with E-state index < -0.39 is 17.5 Å². The summed E-state index contributed by atoms with van der Waals surface area (Å²) in [6.45, 7) is 11.3. The Balaban J connectivity index is 2.15. The largest absolute Gasteiger partial charge is 0.493 e. The van der Waals surface area contributed by atoms with Crippen molar-refractivity contribution in [1.82, 2.24) is 9.66 Å². The van der Waals surface area contributed by atoms with E-state index in [2.05, 4.69) is 27.6 Å². The molecule has 0 saturated heterocycles. The second-order valence-corrected chi connectivity index (χ2v) is 10.1. The van der Waals surface area contributed by atoms with Gasteiger partial charge in [0, 0.05) is 15.5 Å². The fourth-order valence-electron chi connectivity index (χ4n) is 3.61. The van der Waals surface area contributed by atoms with E-state index in [4.69, 9.17) is 19.2 Å². The van der Waals surface area contributed by atoms with Gasteiger partial charge >= 0.3 is 5.97 Å². The molecule has 0 unspecified atom stereocenters. The number of halogens is 1. The lowest BCUT2D eigenvalue weighted by Gasteiger charge is -2.21. The van der Waals surface area contributed by atoms with Crippen molar-refractivity contribution in [3.8, 4) is 11.5 Å². The number of rotatable bonds is 8. The molecule has 190 valence electrons. The van der Waals surface area contributed by atoms with Gasteiger partial charge in [-0.3, -0.25) is 4.79 Å². The molecule has 8 nitrogen and oxygen atoms in total. The van der Waals surface area contributed by atoms with Crippen molar-refractivity contribution in [3.05, 3.63) is 74.8 Å². The highest BCUT2D eigenvalue weighted by Crippen LogP contribution is 2.34. The molecule has 3 rings (SSSR count). The Morgan fingerprint density at radius 3 is 2.58 bits per heavy atom. The molecule has 0 aliphatic rings. The Morgan fingerprint density at radius 2 is 1.97 bits per heavy atom. The van der Waals surface area contributed by atoms with Gasteiger partial charge in [-0.2, -0.15) is 9.78 Å². The summed E-state index contributed by atoms with van der Waals surface area (Å²) in [6, 6.07) is 8.97. The SMILES string of the molecule is C=CCc1cc(C=Nn2c(C(C)(C)C)nc3ccc(Br)cc3c2=O)cc(OC)c1O[C@H](C)C(=O)OC. The van der Waals surface area contributed by atoms with Crippen LogP contribution in [0, 0.1) is 0 Å². The van der Waals surface area contributed by atoms with E-state index in [1.807, 2.05) is 39.0 Å². The van der Waals surface area contributed by atoms with Gasteiger partial charge < -0.3 is 14.2 Å². The number of fused-ring (bicyclic) bond motifs is 1. The number of nitrogens with zero attached hydrogens (tertiary/aromatic N) is 3. The van der Waals surface area contributed by atoms with Crippen LogP contribution in [-0.2, 0) is 21.4 Å². The van der Waals surface area contributed by atoms with E-state index >= 15 is 0 Å². The number of methoxy groups -OCH3 is 2. The van der Waals surface area contributed by atoms with E-state index in [-0.39, 0.29) is 5.56 Å². The fraction of sp³-hybridized carbons (Fsp3) is 0.333. The molecular weight excluding hydrogens is 526 g/mol. The number of aromatic nitrogens is 2. The lowest BCUT2D eigenvalue weighted by Crippen LogP contribution is -2.29. The highest BCUT2D eigenvalue weighted by Gasteiger charge is 2.23. The molecule has 1 atom stereocenters. The van der Waals surface area contributed by atoms with Crippen LogP contribution in [0.5, 0.6) is 11.5 Å². The van der Waals surface area contributed by atoms with Gasteiger partial charge in [-0.05, 0) is 49.2 Å². The summed E-state index contributed by atoms with van der Waals surface area (Å²) < 4.78 is 18.3. The zero-order valence-electron chi connectivity index (χ0n) is 21.3. The van der Waals surface area contributed by atoms with Crippen LogP contribution >= 0.6 is 15.9 Å². The summed E-state index contributed by atoms with van der Waals surface area (Å²) in [5.74, 6) is 0.855. The fourth-order valence-corrected chi connectivity index (χ4v) is 3.97. The summed E-state index contributed by atoms with van der Waals surface area (Å²) >= 11 is 3.42. The van der Waals surface area contributed by atoms with Gasteiger partial charge in [-0.1, -0.05) is 42.8 Å². The van der Waals surface area contributed by atoms with Gasteiger partial charge in [0.15, 0.2) is 17.6 Å². The van der Waals surface area contributed by atoms with Crippen LogP contribution < -0.4 is 15.0 Å². The van der Waals surface area contributed by atoms with E-state index in [1.54, 1.807) is 31.3 Å². The monoisotopic (exact) mass is 555 g/mol. The number of allylic oxidation sites excluding steroid dienone is 1. The zero-order valence-corrected chi connectivity index (χ0v) is 22.9. The molecule has 0 aliphatic heterocycles. The minimum Gasteiger partial charge on any atom is -0.493 e. The van der Waals surface area contributed by atoms with Crippen LogP contribution in [0.1, 0.15) is 44.6 Å². The molecular formula is C27H30BrN3O5. The third-order valence-electron chi connectivity index (χ3n) is 5.37. The lowest BCUT2D eigenvalue weighted by atomic mass is 9.95. The Morgan fingerprint density at radius 1 is 1.25 bits per heavy atom. The maximum Gasteiger partial charge on any atom is 0.346 e. The Hall–Kier alpha value is -3.46. The highest BCUT2D eigenvalue weighted by molar-refractivity contribution is 9.10. The van der Waals surface area contributed by atoms with E-state index in [0.29, 0.717) is 40.2 Å². The normalized spacial score (nSPS) is 12.5. The number of carbonyl (C=O) groups is 1. The summed E-state index contributed by atoms with van der Waals surface area (Å²) in [5.41, 5.74) is 1.31. The van der Waals surface area contributed by atoms with Crippen molar-refractivity contribution < 1.29 is 19.0 Å². The van der Waals surface area contributed by atoms with E-state index in [1.165, 1.54) is 18.9 Å². The first-order valence-corrected chi connectivity index (χ1v) is 12.1. The first-order valence-electron chi connectivity index (χ1n) is 11.3. The summed E-state index contributed by atoms with van der Waals surface area (Å²) in [5, 5.41) is 4.99. The smallest absolute Gasteiger partial charge is 0.346 e. The van der Waals surface area contributed by atoms with Crippen LogP contribution in [0.15, 0.2) is 57.4 Å². The topological polar surface area (TPSA) is 92.0 Å². The molecule has 36 heavy (non-hydrogen) atoms. The maximum atomic E-state index is 13.4. The molecule has 0 fully saturated rings. The number of hydrogen-bond donors (Lipinski definition) is 0. The molecule has 1 aromatic heterocycles. The minimum absolute atomic E-state index is 0.271. The molecule has 3 aromatic rings. The van der Waals surface area contributed by atoms with Crippen LogP contribution in [-0.4, -0.2) is 42.2 Å². The van der Waals surface area contributed by atoms with Gasteiger partial charge in [-0.25, -0.2) is 9.78 Å². The predicted octanol–water partition coefficient (Wildman–Crippen LogP) is 5.02. The molecule has 0 radical (unpaired) electrons. The van der Waals surface area contributed by atoms with Gasteiger partial charge in [0.25, 0.3) is 5.56 Å². The minimum atomic E-state index is -0.831. The number of ether oxygens (including phenoxy) is 3.